The van der Waals surface area contributed by atoms with Crippen molar-refractivity contribution in [2.75, 3.05) is 0 Å². The number of hydrogen-bond acceptors (Lipinski definition) is 3. The largest absolute Gasteiger partial charge is 0.507 e. The van der Waals surface area contributed by atoms with E-state index in [2.05, 4.69) is 53.0 Å². The maximum Gasteiger partial charge on any atom is 0.409 e. The Hall–Kier alpha value is -2.52. The van der Waals surface area contributed by atoms with Crippen LogP contribution in [0, 0.1) is 17.3 Å². The summed E-state index contributed by atoms with van der Waals surface area (Å²) in [7, 11) is -2.07. The molecular formula is C22H28FNO3Si. The zero-order valence-electron chi connectivity index (χ0n) is 17.3. The fourth-order valence-electron chi connectivity index (χ4n) is 4.29. The third-order valence-electron chi connectivity index (χ3n) is 5.51. The van der Waals surface area contributed by atoms with Gasteiger partial charge in [-0.15, -0.1) is 5.54 Å². The van der Waals surface area contributed by atoms with Crippen LogP contribution in [-0.4, -0.2) is 19.3 Å². The smallest absolute Gasteiger partial charge is 0.409 e. The van der Waals surface area contributed by atoms with Gasteiger partial charge in [-0.3, -0.25) is 0 Å². The number of carbonyl (C=O) groups excluding carboxylic acids is 1. The van der Waals surface area contributed by atoms with Crippen LogP contribution < -0.4 is 10.5 Å². The summed E-state index contributed by atoms with van der Waals surface area (Å²) in [5, 5.41) is 11.3. The van der Waals surface area contributed by atoms with Gasteiger partial charge < -0.3 is 15.6 Å². The van der Waals surface area contributed by atoms with Crippen LogP contribution in [0.3, 0.4) is 0 Å². The molecule has 0 heterocycles. The second-order valence-corrected chi connectivity index (χ2v) is 13.6. The van der Waals surface area contributed by atoms with E-state index in [1.54, 1.807) is 0 Å². The van der Waals surface area contributed by atoms with Gasteiger partial charge in [0.2, 0.25) is 0 Å². The van der Waals surface area contributed by atoms with Gasteiger partial charge in [-0.25, -0.2) is 9.18 Å². The summed E-state index contributed by atoms with van der Waals surface area (Å²) in [6.45, 7) is 13.1. The second-order valence-electron chi connectivity index (χ2n) is 8.03. The van der Waals surface area contributed by atoms with Crippen LogP contribution in [-0.2, 0) is 0 Å². The number of benzene rings is 2. The summed E-state index contributed by atoms with van der Waals surface area (Å²) in [5.41, 5.74) is 9.90. The average molecular weight is 402 g/mol. The molecule has 0 atom stereocenters. The average Bonchev–Trinajstić information content (AvgIpc) is 2.55. The Bertz CT molecular complexity index is 936. The standard InChI is InChI=1S/C22H28FNO3Si/c1-13(2)28(14(3)4,15(5)6)10-9-18-19(23)8-7-16-11-17(27-22(24)26)12-20(25)21(16)18/h7-8,11-15,25H,1-6H3,(H2,24,26). The maximum absolute atomic E-state index is 14.7. The summed E-state index contributed by atoms with van der Waals surface area (Å²) in [4.78, 5) is 11.0. The van der Waals surface area contributed by atoms with E-state index in [1.165, 1.54) is 24.3 Å². The molecule has 0 aliphatic heterocycles. The SMILES string of the molecule is CC(C)[Si](C#Cc1c(F)ccc2cc(OC(N)=O)cc(O)c12)(C(C)C)C(C)C. The van der Waals surface area contributed by atoms with Crippen LogP contribution >= 0.6 is 0 Å². The third kappa shape index (κ3) is 4.00. The normalized spacial score (nSPS) is 11.8. The molecule has 0 bridgehead atoms. The molecule has 0 saturated heterocycles. The molecule has 2 aromatic carbocycles. The molecule has 0 aliphatic carbocycles. The minimum atomic E-state index is -2.07. The monoisotopic (exact) mass is 401 g/mol. The number of hydrogen-bond donors (Lipinski definition) is 2. The van der Waals surface area contributed by atoms with Crippen molar-refractivity contribution in [2.45, 2.75) is 58.2 Å². The first-order valence-electron chi connectivity index (χ1n) is 9.46. The van der Waals surface area contributed by atoms with Crippen molar-refractivity contribution in [3.05, 3.63) is 35.6 Å². The number of phenols is 1. The Morgan fingerprint density at radius 3 is 2.18 bits per heavy atom. The number of halogens is 1. The molecule has 3 N–H and O–H groups in total. The maximum atomic E-state index is 14.7. The Labute approximate surface area is 166 Å². The molecule has 28 heavy (non-hydrogen) atoms. The lowest BCUT2D eigenvalue weighted by Crippen LogP contribution is -2.43. The summed E-state index contributed by atoms with van der Waals surface area (Å²) in [6, 6.07) is 5.60. The number of amides is 1. The van der Waals surface area contributed by atoms with E-state index in [-0.39, 0.29) is 17.1 Å². The van der Waals surface area contributed by atoms with Crippen molar-refractivity contribution in [2.24, 2.45) is 5.73 Å². The summed E-state index contributed by atoms with van der Waals surface area (Å²) < 4.78 is 19.5. The molecule has 0 fully saturated rings. The van der Waals surface area contributed by atoms with Gasteiger partial charge in [-0.05, 0) is 34.1 Å². The Balaban J connectivity index is 2.73. The number of aromatic hydroxyl groups is 1. The first kappa shape index (κ1) is 21.8. The van der Waals surface area contributed by atoms with Crippen molar-refractivity contribution >= 4 is 24.9 Å². The molecule has 0 aliphatic rings. The van der Waals surface area contributed by atoms with E-state index in [0.717, 1.165) is 0 Å². The first-order valence-corrected chi connectivity index (χ1v) is 11.7. The Morgan fingerprint density at radius 1 is 1.11 bits per heavy atom. The van der Waals surface area contributed by atoms with Gasteiger partial charge >= 0.3 is 6.09 Å². The van der Waals surface area contributed by atoms with Gasteiger partial charge in [-0.2, -0.15) is 0 Å². The van der Waals surface area contributed by atoms with E-state index < -0.39 is 20.0 Å². The molecule has 2 aromatic rings. The topological polar surface area (TPSA) is 72.5 Å². The number of nitrogens with two attached hydrogens (primary N) is 1. The van der Waals surface area contributed by atoms with E-state index >= 15 is 0 Å². The van der Waals surface area contributed by atoms with Crippen LogP contribution in [0.25, 0.3) is 10.8 Å². The molecule has 4 nitrogen and oxygen atoms in total. The molecule has 0 spiro atoms. The highest BCUT2D eigenvalue weighted by atomic mass is 28.3. The van der Waals surface area contributed by atoms with E-state index in [0.29, 0.717) is 27.4 Å². The van der Waals surface area contributed by atoms with Crippen molar-refractivity contribution in [3.63, 3.8) is 0 Å². The fourth-order valence-corrected chi connectivity index (χ4v) is 9.50. The van der Waals surface area contributed by atoms with Crippen LogP contribution in [0.1, 0.15) is 47.1 Å². The van der Waals surface area contributed by atoms with Crippen LogP contribution in [0.2, 0.25) is 16.6 Å². The van der Waals surface area contributed by atoms with Gasteiger partial charge in [0, 0.05) is 11.5 Å². The number of carbonyl (C=O) groups is 1. The summed E-state index contributed by atoms with van der Waals surface area (Å²) in [5.74, 6) is 2.49. The minimum Gasteiger partial charge on any atom is -0.507 e. The third-order valence-corrected chi connectivity index (χ3v) is 11.8. The molecule has 0 aromatic heterocycles. The van der Waals surface area contributed by atoms with Gasteiger partial charge in [0.15, 0.2) is 0 Å². The van der Waals surface area contributed by atoms with E-state index in [1.807, 2.05) is 0 Å². The summed E-state index contributed by atoms with van der Waals surface area (Å²) in [6.07, 6.45) is -0.984. The highest BCUT2D eigenvalue weighted by Gasteiger charge is 2.41. The van der Waals surface area contributed by atoms with Crippen molar-refractivity contribution in [1.82, 2.24) is 0 Å². The predicted molar refractivity (Wildman–Crippen MR) is 114 cm³/mol. The van der Waals surface area contributed by atoms with E-state index in [4.69, 9.17) is 10.5 Å². The Kier molecular flexibility index (Phi) is 6.40. The van der Waals surface area contributed by atoms with Gasteiger partial charge in [0.25, 0.3) is 0 Å². The Morgan fingerprint density at radius 2 is 1.68 bits per heavy atom. The lowest BCUT2D eigenvalue weighted by Gasteiger charge is -2.38. The van der Waals surface area contributed by atoms with Crippen LogP contribution in [0.15, 0.2) is 24.3 Å². The van der Waals surface area contributed by atoms with E-state index in [9.17, 15) is 14.3 Å². The molecule has 6 heteroatoms. The van der Waals surface area contributed by atoms with Crippen molar-refractivity contribution < 1.29 is 19.0 Å². The lowest BCUT2D eigenvalue weighted by molar-refractivity contribution is 0.211. The molecule has 150 valence electrons. The molecular weight excluding hydrogens is 373 g/mol. The highest BCUT2D eigenvalue weighted by molar-refractivity contribution is 6.90. The number of phenolic OH excluding ortho intramolecular Hbond substituents is 1. The molecule has 0 saturated carbocycles. The number of rotatable bonds is 4. The fraction of sp³-hybridized carbons (Fsp3) is 0.409. The quantitative estimate of drug-likeness (QED) is 0.509. The number of primary amides is 1. The summed E-state index contributed by atoms with van der Waals surface area (Å²) >= 11 is 0. The van der Waals surface area contributed by atoms with Crippen LogP contribution in [0.5, 0.6) is 11.5 Å². The van der Waals surface area contributed by atoms with Crippen LogP contribution in [0.4, 0.5) is 9.18 Å². The van der Waals surface area contributed by atoms with Gasteiger partial charge in [-0.1, -0.05) is 53.5 Å². The van der Waals surface area contributed by atoms with Gasteiger partial charge in [0.1, 0.15) is 25.4 Å². The minimum absolute atomic E-state index is 0.0956. The molecule has 2 rings (SSSR count). The second kappa shape index (κ2) is 8.23. The number of fused-ring (bicyclic) bond motifs is 1. The zero-order valence-corrected chi connectivity index (χ0v) is 18.3. The molecule has 1 amide bonds. The first-order chi connectivity index (χ1) is 13.0. The molecule has 0 unspecified atom stereocenters. The lowest BCUT2D eigenvalue weighted by atomic mass is 10.0. The predicted octanol–water partition coefficient (Wildman–Crippen LogP) is 5.71. The van der Waals surface area contributed by atoms with Crippen molar-refractivity contribution in [3.8, 4) is 23.0 Å². The zero-order chi connectivity index (χ0) is 21.2. The van der Waals surface area contributed by atoms with Crippen molar-refractivity contribution in [1.29, 1.82) is 0 Å². The van der Waals surface area contributed by atoms with Gasteiger partial charge in [0.05, 0.1) is 5.56 Å². The molecule has 0 radical (unpaired) electrons. The number of ether oxygens (including phenoxy) is 1. The highest BCUT2D eigenvalue weighted by Crippen LogP contribution is 2.41.